The summed E-state index contributed by atoms with van der Waals surface area (Å²) in [6.07, 6.45) is 4.69. The molecule has 0 unspecified atom stereocenters. The van der Waals surface area contributed by atoms with Gasteiger partial charge in [0.05, 0.1) is 6.10 Å². The zero-order chi connectivity index (χ0) is 11.4. The summed E-state index contributed by atoms with van der Waals surface area (Å²) in [7, 11) is 0. The summed E-state index contributed by atoms with van der Waals surface area (Å²) in [5.74, 6) is 0.886. The highest BCUT2D eigenvalue weighted by Gasteiger charge is 2.19. The summed E-state index contributed by atoms with van der Waals surface area (Å²) in [5, 5.41) is 9.44. The second-order valence-corrected chi connectivity index (χ2v) is 5.62. The lowest BCUT2D eigenvalue weighted by Crippen LogP contribution is -2.43. The molecule has 3 heteroatoms. The Labute approximate surface area is 99.4 Å². The fraction of sp³-hybridized carbons (Fsp3) is 1.00. The zero-order valence-corrected chi connectivity index (χ0v) is 10.6. The summed E-state index contributed by atoms with van der Waals surface area (Å²) in [4.78, 5) is 5.12. The van der Waals surface area contributed by atoms with Gasteiger partial charge >= 0.3 is 0 Å². The van der Waals surface area contributed by atoms with E-state index in [4.69, 9.17) is 0 Å². The number of hydrogen-bond donors (Lipinski definition) is 1. The number of rotatable bonds is 3. The van der Waals surface area contributed by atoms with Crippen molar-refractivity contribution in [2.45, 2.75) is 38.7 Å². The first-order valence-corrected chi connectivity index (χ1v) is 6.87. The minimum absolute atomic E-state index is 0.0359. The van der Waals surface area contributed by atoms with Crippen LogP contribution in [0.3, 0.4) is 0 Å². The van der Waals surface area contributed by atoms with Gasteiger partial charge in [-0.1, -0.05) is 6.92 Å². The average molecular weight is 226 g/mol. The van der Waals surface area contributed by atoms with Gasteiger partial charge in [-0.05, 0) is 38.1 Å². The molecule has 2 saturated heterocycles. The molecule has 0 radical (unpaired) electrons. The van der Waals surface area contributed by atoms with Crippen LogP contribution in [0.2, 0.25) is 0 Å². The van der Waals surface area contributed by atoms with Crippen LogP contribution in [0, 0.1) is 5.92 Å². The fourth-order valence-electron chi connectivity index (χ4n) is 2.92. The van der Waals surface area contributed by atoms with Gasteiger partial charge in [-0.15, -0.1) is 0 Å². The smallest absolute Gasteiger partial charge is 0.0564 e. The molecule has 2 fully saturated rings. The number of piperidine rings is 2. The van der Waals surface area contributed by atoms with Crippen LogP contribution in [-0.2, 0) is 0 Å². The molecule has 1 atom stereocenters. The quantitative estimate of drug-likeness (QED) is 0.783. The van der Waals surface area contributed by atoms with Crippen molar-refractivity contribution in [2.75, 3.05) is 39.3 Å². The SMILES string of the molecule is C[C@@H]1CCCN(CCN2CCC(O)CC2)C1. The van der Waals surface area contributed by atoms with Gasteiger partial charge in [0.2, 0.25) is 0 Å². The predicted molar refractivity (Wildman–Crippen MR) is 66.5 cm³/mol. The fourth-order valence-corrected chi connectivity index (χ4v) is 2.92. The Balaban J connectivity index is 1.63. The van der Waals surface area contributed by atoms with E-state index in [1.54, 1.807) is 0 Å². The molecule has 0 aromatic rings. The maximum absolute atomic E-state index is 9.44. The van der Waals surface area contributed by atoms with Crippen LogP contribution in [0.4, 0.5) is 0 Å². The maximum atomic E-state index is 9.44. The second-order valence-electron chi connectivity index (χ2n) is 5.62. The first-order chi connectivity index (χ1) is 7.74. The summed E-state index contributed by atoms with van der Waals surface area (Å²) < 4.78 is 0. The molecule has 0 saturated carbocycles. The van der Waals surface area contributed by atoms with Crippen LogP contribution in [0.5, 0.6) is 0 Å². The van der Waals surface area contributed by atoms with Crippen LogP contribution >= 0.6 is 0 Å². The zero-order valence-electron chi connectivity index (χ0n) is 10.6. The van der Waals surface area contributed by atoms with Crippen LogP contribution < -0.4 is 0 Å². The van der Waals surface area contributed by atoms with Crippen LogP contribution in [-0.4, -0.2) is 60.3 Å². The number of likely N-dealkylation sites (tertiary alicyclic amines) is 2. The highest BCUT2D eigenvalue weighted by atomic mass is 16.3. The number of aliphatic hydroxyl groups is 1. The summed E-state index contributed by atoms with van der Waals surface area (Å²) in [5.41, 5.74) is 0. The molecule has 2 aliphatic rings. The molecule has 0 bridgehead atoms. The molecule has 0 aromatic carbocycles. The molecule has 94 valence electrons. The lowest BCUT2D eigenvalue weighted by Gasteiger charge is -2.34. The predicted octanol–water partition coefficient (Wildman–Crippen LogP) is 1.18. The van der Waals surface area contributed by atoms with Crippen molar-refractivity contribution in [2.24, 2.45) is 5.92 Å². The first-order valence-electron chi connectivity index (χ1n) is 6.87. The third-order valence-electron chi connectivity index (χ3n) is 4.03. The maximum Gasteiger partial charge on any atom is 0.0564 e. The van der Waals surface area contributed by atoms with E-state index in [0.717, 1.165) is 31.8 Å². The van der Waals surface area contributed by atoms with Gasteiger partial charge < -0.3 is 14.9 Å². The average Bonchev–Trinajstić information content (AvgIpc) is 2.28. The Morgan fingerprint density at radius 3 is 2.38 bits per heavy atom. The molecular weight excluding hydrogens is 200 g/mol. The van der Waals surface area contributed by atoms with Gasteiger partial charge in [0.15, 0.2) is 0 Å². The van der Waals surface area contributed by atoms with Crippen molar-refractivity contribution in [1.82, 2.24) is 9.80 Å². The van der Waals surface area contributed by atoms with E-state index in [0.29, 0.717) is 0 Å². The molecule has 1 N–H and O–H groups in total. The van der Waals surface area contributed by atoms with Gasteiger partial charge in [0, 0.05) is 32.7 Å². The Morgan fingerprint density at radius 1 is 1.00 bits per heavy atom. The molecule has 2 aliphatic heterocycles. The molecule has 3 nitrogen and oxygen atoms in total. The van der Waals surface area contributed by atoms with Gasteiger partial charge in [-0.3, -0.25) is 0 Å². The Bertz CT molecular complexity index is 202. The van der Waals surface area contributed by atoms with Crippen molar-refractivity contribution >= 4 is 0 Å². The number of nitrogens with zero attached hydrogens (tertiary/aromatic N) is 2. The molecule has 0 aromatic heterocycles. The van der Waals surface area contributed by atoms with Gasteiger partial charge in [0.25, 0.3) is 0 Å². The van der Waals surface area contributed by atoms with Gasteiger partial charge in [-0.2, -0.15) is 0 Å². The van der Waals surface area contributed by atoms with Crippen molar-refractivity contribution < 1.29 is 5.11 Å². The minimum Gasteiger partial charge on any atom is -0.393 e. The molecule has 2 rings (SSSR count). The molecular formula is C13H26N2O. The summed E-state index contributed by atoms with van der Waals surface area (Å²) in [6.45, 7) is 9.54. The molecule has 0 aliphatic carbocycles. The van der Waals surface area contributed by atoms with Gasteiger partial charge in [-0.25, -0.2) is 0 Å². The van der Waals surface area contributed by atoms with E-state index < -0.39 is 0 Å². The van der Waals surface area contributed by atoms with E-state index in [2.05, 4.69) is 16.7 Å². The van der Waals surface area contributed by atoms with Crippen molar-refractivity contribution in [3.8, 4) is 0 Å². The Morgan fingerprint density at radius 2 is 1.69 bits per heavy atom. The normalized spacial score (nSPS) is 30.8. The van der Waals surface area contributed by atoms with E-state index >= 15 is 0 Å². The largest absolute Gasteiger partial charge is 0.393 e. The van der Waals surface area contributed by atoms with Crippen LogP contribution in [0.15, 0.2) is 0 Å². The van der Waals surface area contributed by atoms with E-state index in [1.165, 1.54) is 39.0 Å². The van der Waals surface area contributed by atoms with Crippen molar-refractivity contribution in [3.05, 3.63) is 0 Å². The Hall–Kier alpha value is -0.120. The standard InChI is InChI=1S/C13H26N2O/c1-12-3-2-6-15(11-12)10-9-14-7-4-13(16)5-8-14/h12-13,16H,2-11H2,1H3/t12-/m1/s1. The second kappa shape index (κ2) is 5.99. The third-order valence-corrected chi connectivity index (χ3v) is 4.03. The third kappa shape index (κ3) is 3.72. The summed E-state index contributed by atoms with van der Waals surface area (Å²) >= 11 is 0. The van der Waals surface area contributed by atoms with Gasteiger partial charge in [0.1, 0.15) is 0 Å². The Kier molecular flexibility index (Phi) is 4.62. The number of hydrogen-bond acceptors (Lipinski definition) is 3. The van der Waals surface area contributed by atoms with Crippen LogP contribution in [0.1, 0.15) is 32.6 Å². The van der Waals surface area contributed by atoms with Crippen LogP contribution in [0.25, 0.3) is 0 Å². The highest BCUT2D eigenvalue weighted by molar-refractivity contribution is 4.74. The lowest BCUT2D eigenvalue weighted by atomic mass is 10.0. The van der Waals surface area contributed by atoms with E-state index in [1.807, 2.05) is 0 Å². The molecule has 2 heterocycles. The summed E-state index contributed by atoms with van der Waals surface area (Å²) in [6, 6.07) is 0. The monoisotopic (exact) mass is 226 g/mol. The lowest BCUT2D eigenvalue weighted by molar-refractivity contribution is 0.0727. The van der Waals surface area contributed by atoms with E-state index in [9.17, 15) is 5.11 Å². The van der Waals surface area contributed by atoms with E-state index in [-0.39, 0.29) is 6.10 Å². The topological polar surface area (TPSA) is 26.7 Å². The highest BCUT2D eigenvalue weighted by Crippen LogP contribution is 2.15. The van der Waals surface area contributed by atoms with Crippen molar-refractivity contribution in [3.63, 3.8) is 0 Å². The number of aliphatic hydroxyl groups excluding tert-OH is 1. The molecule has 16 heavy (non-hydrogen) atoms. The first kappa shape index (κ1) is 12.3. The minimum atomic E-state index is -0.0359. The van der Waals surface area contributed by atoms with Crippen molar-refractivity contribution in [1.29, 1.82) is 0 Å². The molecule has 0 amide bonds. The molecule has 0 spiro atoms.